The summed E-state index contributed by atoms with van der Waals surface area (Å²) in [5.74, 6) is 0. The van der Waals surface area contributed by atoms with Gasteiger partial charge in [0, 0.05) is 18.5 Å². The molecule has 0 aromatic heterocycles. The van der Waals surface area contributed by atoms with Gasteiger partial charge in [-0.05, 0) is 44.0 Å². The molecule has 3 aromatic carbocycles. The highest BCUT2D eigenvalue weighted by molar-refractivity contribution is 5.30. The summed E-state index contributed by atoms with van der Waals surface area (Å²) < 4.78 is 18.9. The highest BCUT2D eigenvalue weighted by Gasteiger charge is 2.29. The second-order valence-electron chi connectivity index (χ2n) is 10.1. The molecule has 1 aliphatic heterocycles. The first-order chi connectivity index (χ1) is 17.0. The summed E-state index contributed by atoms with van der Waals surface area (Å²) >= 11 is 0. The van der Waals surface area contributed by atoms with Crippen molar-refractivity contribution < 1.29 is 14.2 Å². The molecule has 0 spiro atoms. The van der Waals surface area contributed by atoms with Gasteiger partial charge < -0.3 is 14.2 Å². The predicted molar refractivity (Wildman–Crippen MR) is 142 cm³/mol. The van der Waals surface area contributed by atoms with Crippen molar-refractivity contribution in [2.75, 3.05) is 33.4 Å². The Kier molecular flexibility index (Phi) is 9.11. The van der Waals surface area contributed by atoms with Crippen molar-refractivity contribution in [3.8, 4) is 0 Å². The van der Waals surface area contributed by atoms with Crippen LogP contribution in [0.3, 0.4) is 0 Å². The van der Waals surface area contributed by atoms with Crippen LogP contribution in [0.1, 0.15) is 43.1 Å². The summed E-state index contributed by atoms with van der Waals surface area (Å²) in [7, 11) is 2.18. The highest BCUT2D eigenvalue weighted by Crippen LogP contribution is 2.28. The minimum atomic E-state index is -0.124. The van der Waals surface area contributed by atoms with E-state index in [1.165, 1.54) is 16.7 Å². The number of benzene rings is 3. The standard InChI is InChI=1S/C31H39NO3/c1-31(2,24-34-30(26-15-9-5-10-16-26)27-17-11-6-12-18-27)32(3)20-19-28-22-33-23-29(35-28)21-25-13-7-4-8-14-25/h4-18,28-30H,19-24H2,1-3H3. The molecule has 4 nitrogen and oxygen atoms in total. The van der Waals surface area contributed by atoms with Crippen molar-refractivity contribution in [2.24, 2.45) is 0 Å². The van der Waals surface area contributed by atoms with Crippen LogP contribution < -0.4 is 0 Å². The summed E-state index contributed by atoms with van der Waals surface area (Å²) in [5.41, 5.74) is 3.52. The Morgan fingerprint density at radius 1 is 0.829 bits per heavy atom. The van der Waals surface area contributed by atoms with Gasteiger partial charge in [0.25, 0.3) is 0 Å². The van der Waals surface area contributed by atoms with E-state index in [4.69, 9.17) is 14.2 Å². The molecule has 4 heteroatoms. The lowest BCUT2D eigenvalue weighted by molar-refractivity contribution is -0.141. The van der Waals surface area contributed by atoms with E-state index in [-0.39, 0.29) is 23.9 Å². The number of likely N-dealkylation sites (N-methyl/N-ethyl adjacent to an activating group) is 1. The van der Waals surface area contributed by atoms with Gasteiger partial charge in [0.2, 0.25) is 0 Å². The largest absolute Gasteiger partial charge is 0.376 e. The molecule has 3 aromatic rings. The van der Waals surface area contributed by atoms with Gasteiger partial charge in [0.1, 0.15) is 6.10 Å². The summed E-state index contributed by atoms with van der Waals surface area (Å²) in [4.78, 5) is 2.38. The van der Waals surface area contributed by atoms with Crippen molar-refractivity contribution in [3.05, 3.63) is 108 Å². The molecule has 0 saturated carbocycles. The molecule has 1 aliphatic rings. The summed E-state index contributed by atoms with van der Waals surface area (Å²) in [6.45, 7) is 7.37. The van der Waals surface area contributed by atoms with Crippen molar-refractivity contribution in [2.45, 2.75) is 50.5 Å². The smallest absolute Gasteiger partial charge is 0.108 e. The van der Waals surface area contributed by atoms with Crippen LogP contribution in [0.5, 0.6) is 0 Å². The maximum absolute atomic E-state index is 6.58. The van der Waals surface area contributed by atoms with Gasteiger partial charge in [0.05, 0.1) is 32.0 Å². The Labute approximate surface area is 210 Å². The molecule has 0 bridgehead atoms. The summed E-state index contributed by atoms with van der Waals surface area (Å²) in [6, 6.07) is 31.5. The second-order valence-corrected chi connectivity index (χ2v) is 10.1. The number of hydrogen-bond acceptors (Lipinski definition) is 4. The van der Waals surface area contributed by atoms with Crippen LogP contribution in [0.25, 0.3) is 0 Å². The van der Waals surface area contributed by atoms with E-state index in [1.807, 2.05) is 18.2 Å². The van der Waals surface area contributed by atoms with Crippen LogP contribution in [-0.4, -0.2) is 56.1 Å². The fourth-order valence-corrected chi connectivity index (χ4v) is 4.50. The Balaban J connectivity index is 1.30. The van der Waals surface area contributed by atoms with Gasteiger partial charge >= 0.3 is 0 Å². The first-order valence-corrected chi connectivity index (χ1v) is 12.7. The Morgan fingerprint density at radius 2 is 1.37 bits per heavy atom. The number of ether oxygens (including phenoxy) is 3. The predicted octanol–water partition coefficient (Wildman–Crippen LogP) is 5.92. The third-order valence-corrected chi connectivity index (χ3v) is 6.93. The first-order valence-electron chi connectivity index (χ1n) is 12.7. The molecule has 2 atom stereocenters. The fraction of sp³-hybridized carbons (Fsp3) is 0.419. The molecule has 186 valence electrons. The zero-order chi connectivity index (χ0) is 24.5. The van der Waals surface area contributed by atoms with Crippen LogP contribution in [0.2, 0.25) is 0 Å². The van der Waals surface area contributed by atoms with Gasteiger partial charge in [-0.2, -0.15) is 0 Å². The first kappa shape index (κ1) is 25.6. The van der Waals surface area contributed by atoms with Gasteiger partial charge in [-0.1, -0.05) is 91.0 Å². The van der Waals surface area contributed by atoms with Crippen molar-refractivity contribution in [1.29, 1.82) is 0 Å². The molecule has 0 aliphatic carbocycles. The third kappa shape index (κ3) is 7.49. The maximum Gasteiger partial charge on any atom is 0.108 e. The van der Waals surface area contributed by atoms with Gasteiger partial charge in [-0.15, -0.1) is 0 Å². The van der Waals surface area contributed by atoms with Crippen molar-refractivity contribution in [1.82, 2.24) is 4.90 Å². The lowest BCUT2D eigenvalue weighted by Crippen LogP contribution is -2.47. The van der Waals surface area contributed by atoms with Crippen LogP contribution in [0, 0.1) is 0 Å². The van der Waals surface area contributed by atoms with Crippen molar-refractivity contribution >= 4 is 0 Å². The highest BCUT2D eigenvalue weighted by atomic mass is 16.6. The molecule has 1 heterocycles. The van der Waals surface area contributed by atoms with E-state index in [2.05, 4.69) is 98.6 Å². The molecule has 4 rings (SSSR count). The number of rotatable bonds is 11. The molecular formula is C31H39NO3. The zero-order valence-corrected chi connectivity index (χ0v) is 21.3. The van der Waals surface area contributed by atoms with Gasteiger partial charge in [-0.3, -0.25) is 4.90 Å². The molecule has 0 amide bonds. The molecule has 1 fully saturated rings. The average Bonchev–Trinajstić information content (AvgIpc) is 2.89. The van der Waals surface area contributed by atoms with Crippen LogP contribution in [-0.2, 0) is 20.6 Å². The average molecular weight is 474 g/mol. The molecule has 2 unspecified atom stereocenters. The Hall–Kier alpha value is -2.50. The van der Waals surface area contributed by atoms with E-state index in [1.54, 1.807) is 0 Å². The molecule has 35 heavy (non-hydrogen) atoms. The van der Waals surface area contributed by atoms with E-state index < -0.39 is 0 Å². The summed E-state index contributed by atoms with van der Waals surface area (Å²) in [6.07, 6.45) is 1.99. The van der Waals surface area contributed by atoms with Crippen LogP contribution in [0.15, 0.2) is 91.0 Å². The lowest BCUT2D eigenvalue weighted by atomic mass is 10.00. The zero-order valence-electron chi connectivity index (χ0n) is 21.3. The van der Waals surface area contributed by atoms with Crippen LogP contribution >= 0.6 is 0 Å². The van der Waals surface area contributed by atoms with E-state index in [9.17, 15) is 0 Å². The minimum absolute atomic E-state index is 0.0844. The van der Waals surface area contributed by atoms with Crippen LogP contribution in [0.4, 0.5) is 0 Å². The number of nitrogens with zero attached hydrogens (tertiary/aromatic N) is 1. The topological polar surface area (TPSA) is 30.9 Å². The molecule has 1 saturated heterocycles. The Morgan fingerprint density at radius 3 is 1.97 bits per heavy atom. The quantitative estimate of drug-likeness (QED) is 0.346. The normalized spacial score (nSPS) is 18.8. The summed E-state index contributed by atoms with van der Waals surface area (Å²) in [5, 5.41) is 0. The minimum Gasteiger partial charge on any atom is -0.376 e. The maximum atomic E-state index is 6.58. The van der Waals surface area contributed by atoms with E-state index in [0.717, 1.165) is 19.4 Å². The van der Waals surface area contributed by atoms with Gasteiger partial charge in [-0.25, -0.2) is 0 Å². The monoisotopic (exact) mass is 473 g/mol. The molecule has 0 radical (unpaired) electrons. The fourth-order valence-electron chi connectivity index (χ4n) is 4.50. The second kappa shape index (κ2) is 12.5. The Bertz CT molecular complexity index is 954. The van der Waals surface area contributed by atoms with E-state index >= 15 is 0 Å². The molecular weight excluding hydrogens is 434 g/mol. The SMILES string of the molecule is CN(CCC1COCC(Cc2ccccc2)O1)C(C)(C)COC(c1ccccc1)c1ccccc1. The van der Waals surface area contributed by atoms with Crippen molar-refractivity contribution in [3.63, 3.8) is 0 Å². The van der Waals surface area contributed by atoms with E-state index in [0.29, 0.717) is 19.8 Å². The molecule has 0 N–H and O–H groups in total. The van der Waals surface area contributed by atoms with Gasteiger partial charge in [0.15, 0.2) is 0 Å². The lowest BCUT2D eigenvalue weighted by Gasteiger charge is -2.38. The third-order valence-electron chi connectivity index (χ3n) is 6.93. The number of hydrogen-bond donors (Lipinski definition) is 0.